The van der Waals surface area contributed by atoms with Crippen LogP contribution < -0.4 is 9.80 Å². The molecular weight excluding hydrogens is 797 g/mol. The van der Waals surface area contributed by atoms with Crippen LogP contribution in [0.5, 0.6) is 0 Å². The number of anilines is 5. The molecule has 13 rings (SSSR count). The summed E-state index contributed by atoms with van der Waals surface area (Å²) in [7, 11) is 0. The largest absolute Gasteiger partial charge is 0.334 e. The lowest BCUT2D eigenvalue weighted by Crippen LogP contribution is -2.35. The molecule has 0 fully saturated rings. The van der Waals surface area contributed by atoms with Gasteiger partial charge in [-0.05, 0) is 144 Å². The first-order valence-electron chi connectivity index (χ1n) is 23.2. The zero-order valence-electron chi connectivity index (χ0n) is 36.7. The fourth-order valence-electron chi connectivity index (χ4n) is 11.8. The number of para-hydroxylation sites is 2. The second-order valence-electron chi connectivity index (χ2n) is 18.0. The van der Waals surface area contributed by atoms with E-state index in [-0.39, 0.29) is 12.0 Å². The Morgan fingerprint density at radius 2 is 0.879 bits per heavy atom. The summed E-state index contributed by atoms with van der Waals surface area (Å²) in [5.74, 6) is 0.218. The summed E-state index contributed by atoms with van der Waals surface area (Å²) in [4.78, 5) is 4.91. The topological polar surface area (TPSA) is 6.48 Å². The lowest BCUT2D eigenvalue weighted by Gasteiger charge is -2.38. The van der Waals surface area contributed by atoms with Gasteiger partial charge in [-0.15, -0.1) is 0 Å². The van der Waals surface area contributed by atoms with Crippen molar-refractivity contribution in [1.29, 1.82) is 0 Å². The van der Waals surface area contributed by atoms with E-state index < -0.39 is 5.41 Å². The van der Waals surface area contributed by atoms with Gasteiger partial charge < -0.3 is 9.80 Å². The summed E-state index contributed by atoms with van der Waals surface area (Å²) >= 11 is 0. The monoisotopic (exact) mass is 842 g/mol. The molecule has 3 unspecified atom stereocenters. The molecule has 0 saturated carbocycles. The maximum atomic E-state index is 2.58. The summed E-state index contributed by atoms with van der Waals surface area (Å²) < 4.78 is 0. The van der Waals surface area contributed by atoms with E-state index >= 15 is 0 Å². The molecule has 312 valence electrons. The molecule has 0 bridgehead atoms. The van der Waals surface area contributed by atoms with Crippen LogP contribution in [0.2, 0.25) is 0 Å². The van der Waals surface area contributed by atoms with E-state index in [0.29, 0.717) is 0 Å². The van der Waals surface area contributed by atoms with Crippen molar-refractivity contribution in [3.05, 3.63) is 277 Å². The molecule has 0 N–H and O–H groups in total. The minimum atomic E-state index is -0.490. The molecule has 2 nitrogen and oxygen atoms in total. The Balaban J connectivity index is 1.01. The van der Waals surface area contributed by atoms with E-state index in [1.165, 1.54) is 82.9 Å². The second-order valence-corrected chi connectivity index (χ2v) is 18.0. The molecule has 0 aliphatic heterocycles. The van der Waals surface area contributed by atoms with Gasteiger partial charge in [0.1, 0.15) is 0 Å². The van der Waals surface area contributed by atoms with E-state index in [1.807, 2.05) is 0 Å². The van der Waals surface area contributed by atoms with Crippen molar-refractivity contribution in [2.24, 2.45) is 5.92 Å². The van der Waals surface area contributed by atoms with Gasteiger partial charge in [0.05, 0.1) is 11.5 Å². The molecule has 0 aromatic heterocycles. The summed E-state index contributed by atoms with van der Waals surface area (Å²) in [6.07, 6.45) is 7.20. The van der Waals surface area contributed by atoms with Crippen LogP contribution in [0, 0.1) is 5.92 Å². The normalized spacial score (nSPS) is 17.6. The van der Waals surface area contributed by atoms with Gasteiger partial charge in [-0.25, -0.2) is 0 Å². The second kappa shape index (κ2) is 15.2. The van der Waals surface area contributed by atoms with Gasteiger partial charge in [0.25, 0.3) is 0 Å². The van der Waals surface area contributed by atoms with Gasteiger partial charge in [0.2, 0.25) is 0 Å². The van der Waals surface area contributed by atoms with E-state index in [9.17, 15) is 0 Å². The molecule has 3 aliphatic carbocycles. The number of hydrogen-bond acceptors (Lipinski definition) is 2. The van der Waals surface area contributed by atoms with Crippen molar-refractivity contribution in [1.82, 2.24) is 0 Å². The first-order chi connectivity index (χ1) is 32.7. The van der Waals surface area contributed by atoms with Crippen LogP contribution in [-0.2, 0) is 5.41 Å². The van der Waals surface area contributed by atoms with Crippen LogP contribution in [0.15, 0.2) is 249 Å². The summed E-state index contributed by atoms with van der Waals surface area (Å²) in [5.41, 5.74) is 18.4. The number of hydrogen-bond donors (Lipinski definition) is 0. The smallest absolute Gasteiger partial charge is 0.0731 e. The van der Waals surface area contributed by atoms with E-state index in [1.54, 1.807) is 0 Å². The molecule has 0 radical (unpaired) electrons. The van der Waals surface area contributed by atoms with Crippen LogP contribution >= 0.6 is 0 Å². The van der Waals surface area contributed by atoms with Gasteiger partial charge in [0.15, 0.2) is 0 Å². The Morgan fingerprint density at radius 1 is 0.394 bits per heavy atom. The molecule has 3 atom stereocenters. The molecule has 10 aromatic rings. The molecule has 1 spiro atoms. The average molecular weight is 843 g/mol. The molecular formula is C64H46N2. The quantitative estimate of drug-likeness (QED) is 0.148. The zero-order chi connectivity index (χ0) is 43.8. The fraction of sp³-hybridized carbons (Fsp3) is 0.0625. The lowest BCUT2D eigenvalue weighted by atomic mass is 9.69. The number of rotatable bonds is 7. The zero-order valence-corrected chi connectivity index (χ0v) is 36.7. The van der Waals surface area contributed by atoms with Crippen molar-refractivity contribution in [3.8, 4) is 22.3 Å². The van der Waals surface area contributed by atoms with Crippen molar-refractivity contribution in [3.63, 3.8) is 0 Å². The highest BCUT2D eigenvalue weighted by molar-refractivity contribution is 6.20. The Morgan fingerprint density at radius 3 is 1.55 bits per heavy atom. The first-order valence-corrected chi connectivity index (χ1v) is 23.2. The van der Waals surface area contributed by atoms with Gasteiger partial charge in [-0.1, -0.05) is 195 Å². The van der Waals surface area contributed by atoms with Crippen LogP contribution in [0.25, 0.3) is 49.4 Å². The molecule has 0 saturated heterocycles. The highest BCUT2D eigenvalue weighted by atomic mass is 15.2. The maximum Gasteiger partial charge on any atom is 0.0731 e. The summed E-state index contributed by atoms with van der Waals surface area (Å²) in [6, 6.07) is 85.3. The highest BCUT2D eigenvalue weighted by Crippen LogP contribution is 2.65. The van der Waals surface area contributed by atoms with Crippen LogP contribution in [0.4, 0.5) is 28.4 Å². The predicted octanol–water partition coefficient (Wildman–Crippen LogP) is 16.6. The predicted molar refractivity (Wildman–Crippen MR) is 278 cm³/mol. The van der Waals surface area contributed by atoms with E-state index in [4.69, 9.17) is 0 Å². The van der Waals surface area contributed by atoms with Crippen molar-refractivity contribution in [2.45, 2.75) is 18.4 Å². The third kappa shape index (κ3) is 5.68. The van der Waals surface area contributed by atoms with Gasteiger partial charge in [-0.3, -0.25) is 0 Å². The number of fused-ring (bicyclic) bond motifs is 15. The number of allylic oxidation sites excluding steroid dienone is 2. The third-order valence-corrected chi connectivity index (χ3v) is 14.5. The molecule has 0 amide bonds. The highest BCUT2D eigenvalue weighted by Gasteiger charge is 2.53. The Bertz CT molecular complexity index is 3510. The first kappa shape index (κ1) is 38.3. The minimum absolute atomic E-state index is 0.0644. The van der Waals surface area contributed by atoms with Crippen LogP contribution in [0.1, 0.15) is 34.7 Å². The Hall–Kier alpha value is -8.20. The number of nitrogens with zero attached hydrogens (tertiary/aromatic N) is 2. The SMILES string of the molecule is CC1C=C(c2ccccc2)C=CC1N(c1ccc(N(c2ccccc2)c2ccccc2)cc1)c1ccc2c(c1)-c1ccccc1C21c2ccccc2-c2c1c1ccccc1c1ccccc21. The third-order valence-electron chi connectivity index (χ3n) is 14.5. The average Bonchev–Trinajstić information content (AvgIpc) is 3.86. The van der Waals surface area contributed by atoms with Crippen molar-refractivity contribution >= 4 is 55.6 Å². The van der Waals surface area contributed by atoms with Gasteiger partial charge in [0, 0.05) is 28.4 Å². The summed E-state index contributed by atoms with van der Waals surface area (Å²) in [5, 5.41) is 5.23. The van der Waals surface area contributed by atoms with Crippen molar-refractivity contribution in [2.75, 3.05) is 9.80 Å². The van der Waals surface area contributed by atoms with Gasteiger partial charge in [-0.2, -0.15) is 0 Å². The van der Waals surface area contributed by atoms with Crippen molar-refractivity contribution < 1.29 is 0 Å². The molecule has 10 aromatic carbocycles. The minimum Gasteiger partial charge on any atom is -0.334 e. The molecule has 0 heterocycles. The number of benzene rings is 10. The molecule has 3 aliphatic rings. The standard InChI is InChI=1S/C64H46N2/c1-43-41-45(44-19-5-2-6-20-44)33-40-61(43)66(49-36-34-48(35-37-49)65(46-21-7-3-8-22-46)47-23-9-4-10-24-47)50-38-39-60-57(42-50)53-27-15-17-31-58(53)64(60)59-32-18-16-30-56(59)62-54-28-13-11-25-51(54)52-26-12-14-29-55(52)63(62)64/h2-43,61H,1H3. The van der Waals surface area contributed by atoms with E-state index in [0.717, 1.165) is 22.7 Å². The Kier molecular flexibility index (Phi) is 8.83. The fourth-order valence-corrected chi connectivity index (χ4v) is 11.8. The maximum absolute atomic E-state index is 2.58. The molecule has 66 heavy (non-hydrogen) atoms. The lowest BCUT2D eigenvalue weighted by molar-refractivity contribution is 0.611. The molecule has 2 heteroatoms. The van der Waals surface area contributed by atoms with Crippen LogP contribution in [-0.4, -0.2) is 6.04 Å². The van der Waals surface area contributed by atoms with Gasteiger partial charge >= 0.3 is 0 Å². The van der Waals surface area contributed by atoms with E-state index in [2.05, 4.69) is 265 Å². The Labute approximate surface area is 386 Å². The van der Waals surface area contributed by atoms with Crippen LogP contribution in [0.3, 0.4) is 0 Å². The summed E-state index contributed by atoms with van der Waals surface area (Å²) in [6.45, 7) is 2.37.